The number of hydrogen-bond acceptors (Lipinski definition) is 3. The third-order valence-electron chi connectivity index (χ3n) is 2.76. The van der Waals surface area contributed by atoms with E-state index in [9.17, 15) is 0 Å². The molecule has 1 aromatic heterocycles. The third-order valence-corrected chi connectivity index (χ3v) is 4.30. The lowest BCUT2D eigenvalue weighted by atomic mass is 10.1. The van der Waals surface area contributed by atoms with Crippen LogP contribution in [-0.2, 0) is 5.33 Å². The molecule has 0 N–H and O–H groups in total. The van der Waals surface area contributed by atoms with Crippen molar-refractivity contribution in [3.63, 3.8) is 0 Å². The lowest BCUT2D eigenvalue weighted by molar-refractivity contribution is 0.416. The SMILES string of the molecule is COc1ccc(CBr)cc1-c1nc(C(C)C)cs1. The van der Waals surface area contributed by atoms with Gasteiger partial charge >= 0.3 is 0 Å². The van der Waals surface area contributed by atoms with Crippen LogP contribution >= 0.6 is 27.3 Å². The van der Waals surface area contributed by atoms with Gasteiger partial charge in [0.05, 0.1) is 18.4 Å². The first-order valence-electron chi connectivity index (χ1n) is 5.84. The van der Waals surface area contributed by atoms with E-state index in [4.69, 9.17) is 4.74 Å². The highest BCUT2D eigenvalue weighted by Gasteiger charge is 2.12. The predicted molar refractivity (Wildman–Crippen MR) is 80.8 cm³/mol. The summed E-state index contributed by atoms with van der Waals surface area (Å²) in [5.74, 6) is 1.34. The lowest BCUT2D eigenvalue weighted by Crippen LogP contribution is -1.91. The number of halogens is 1. The van der Waals surface area contributed by atoms with Crippen molar-refractivity contribution in [1.82, 2.24) is 4.98 Å². The first kappa shape index (κ1) is 13.6. The molecule has 2 rings (SSSR count). The molecule has 2 nitrogen and oxygen atoms in total. The Morgan fingerprint density at radius 2 is 2.17 bits per heavy atom. The highest BCUT2D eigenvalue weighted by Crippen LogP contribution is 2.34. The Morgan fingerprint density at radius 1 is 1.39 bits per heavy atom. The van der Waals surface area contributed by atoms with Crippen LogP contribution in [0.2, 0.25) is 0 Å². The Kier molecular flexibility index (Phi) is 4.40. The zero-order chi connectivity index (χ0) is 13.1. The minimum absolute atomic E-state index is 0.459. The second kappa shape index (κ2) is 5.85. The summed E-state index contributed by atoms with van der Waals surface area (Å²) >= 11 is 5.15. The second-order valence-corrected chi connectivity index (χ2v) is 5.82. The topological polar surface area (TPSA) is 22.1 Å². The molecule has 4 heteroatoms. The fourth-order valence-corrected chi connectivity index (χ4v) is 3.03. The standard InChI is InChI=1S/C14H16BrNOS/c1-9(2)12-8-18-14(16-12)11-6-10(7-15)4-5-13(11)17-3/h4-6,8-9H,7H2,1-3H3. The number of hydrogen-bond donors (Lipinski definition) is 0. The van der Waals surface area contributed by atoms with Crippen molar-refractivity contribution in [2.24, 2.45) is 0 Å². The largest absolute Gasteiger partial charge is 0.496 e. The van der Waals surface area contributed by atoms with Gasteiger partial charge in [-0.05, 0) is 23.6 Å². The van der Waals surface area contributed by atoms with E-state index in [0.29, 0.717) is 5.92 Å². The zero-order valence-corrected chi connectivity index (χ0v) is 13.1. The fourth-order valence-electron chi connectivity index (χ4n) is 1.68. The van der Waals surface area contributed by atoms with Crippen LogP contribution in [0.3, 0.4) is 0 Å². The van der Waals surface area contributed by atoms with Gasteiger partial charge in [-0.25, -0.2) is 4.98 Å². The molecular weight excluding hydrogens is 310 g/mol. The smallest absolute Gasteiger partial charge is 0.129 e. The van der Waals surface area contributed by atoms with Crippen LogP contribution in [0.15, 0.2) is 23.6 Å². The minimum atomic E-state index is 0.459. The molecule has 0 aliphatic carbocycles. The number of benzene rings is 1. The van der Waals surface area contributed by atoms with Crippen molar-refractivity contribution in [1.29, 1.82) is 0 Å². The van der Waals surface area contributed by atoms with E-state index in [1.54, 1.807) is 18.4 Å². The molecule has 1 heterocycles. The highest BCUT2D eigenvalue weighted by atomic mass is 79.9. The van der Waals surface area contributed by atoms with Crippen molar-refractivity contribution >= 4 is 27.3 Å². The van der Waals surface area contributed by atoms with Gasteiger partial charge < -0.3 is 4.74 Å². The average molecular weight is 326 g/mol. The van der Waals surface area contributed by atoms with Gasteiger partial charge in [-0.2, -0.15) is 0 Å². The molecule has 0 bridgehead atoms. The summed E-state index contributed by atoms with van der Waals surface area (Å²) in [5, 5.41) is 3.99. The van der Waals surface area contributed by atoms with Crippen LogP contribution in [-0.4, -0.2) is 12.1 Å². The van der Waals surface area contributed by atoms with Gasteiger partial charge in [0.15, 0.2) is 0 Å². The molecule has 0 amide bonds. The number of alkyl halides is 1. The van der Waals surface area contributed by atoms with Gasteiger partial charge in [0.1, 0.15) is 10.8 Å². The Morgan fingerprint density at radius 3 is 2.72 bits per heavy atom. The number of ether oxygens (including phenoxy) is 1. The zero-order valence-electron chi connectivity index (χ0n) is 10.7. The second-order valence-electron chi connectivity index (χ2n) is 4.40. The summed E-state index contributed by atoms with van der Waals surface area (Å²) < 4.78 is 5.42. The number of aromatic nitrogens is 1. The molecule has 0 unspecified atom stereocenters. The van der Waals surface area contributed by atoms with Crippen LogP contribution in [0.25, 0.3) is 10.6 Å². The molecule has 2 aromatic rings. The molecule has 1 aromatic carbocycles. The lowest BCUT2D eigenvalue weighted by Gasteiger charge is -2.07. The molecule has 0 spiro atoms. The first-order chi connectivity index (χ1) is 8.65. The van der Waals surface area contributed by atoms with E-state index in [1.807, 2.05) is 6.07 Å². The quantitative estimate of drug-likeness (QED) is 0.750. The molecule has 0 aliphatic rings. The van der Waals surface area contributed by atoms with Crippen molar-refractivity contribution in [2.45, 2.75) is 25.1 Å². The minimum Gasteiger partial charge on any atom is -0.496 e. The Bertz CT molecular complexity index is 536. The summed E-state index contributed by atoms with van der Waals surface area (Å²) in [5.41, 5.74) is 3.44. The van der Waals surface area contributed by atoms with Crippen LogP contribution in [0.5, 0.6) is 5.75 Å². The van der Waals surface area contributed by atoms with E-state index in [2.05, 4.69) is 52.3 Å². The van der Waals surface area contributed by atoms with Crippen molar-refractivity contribution in [3.8, 4) is 16.3 Å². The Balaban J connectivity index is 2.46. The third kappa shape index (κ3) is 2.75. The van der Waals surface area contributed by atoms with E-state index in [1.165, 1.54) is 5.56 Å². The first-order valence-corrected chi connectivity index (χ1v) is 7.84. The van der Waals surface area contributed by atoms with E-state index < -0.39 is 0 Å². The van der Waals surface area contributed by atoms with Crippen LogP contribution in [0.4, 0.5) is 0 Å². The molecule has 0 aliphatic heterocycles. The molecule has 96 valence electrons. The highest BCUT2D eigenvalue weighted by molar-refractivity contribution is 9.08. The molecule has 18 heavy (non-hydrogen) atoms. The van der Waals surface area contributed by atoms with Gasteiger partial charge in [0.25, 0.3) is 0 Å². The molecule has 0 radical (unpaired) electrons. The molecule has 0 atom stereocenters. The summed E-state index contributed by atoms with van der Waals surface area (Å²) in [6.45, 7) is 4.32. The molecule has 0 saturated heterocycles. The maximum atomic E-state index is 5.42. The monoisotopic (exact) mass is 325 g/mol. The summed E-state index contributed by atoms with van der Waals surface area (Å²) in [4.78, 5) is 4.69. The molecular formula is C14H16BrNOS. The van der Waals surface area contributed by atoms with Crippen molar-refractivity contribution in [3.05, 3.63) is 34.8 Å². The van der Waals surface area contributed by atoms with E-state index in [-0.39, 0.29) is 0 Å². The molecule has 0 fully saturated rings. The number of rotatable bonds is 4. The van der Waals surface area contributed by atoms with Gasteiger partial charge in [0, 0.05) is 10.7 Å². The van der Waals surface area contributed by atoms with Crippen LogP contribution < -0.4 is 4.74 Å². The Hall–Kier alpha value is -0.870. The van der Waals surface area contributed by atoms with Gasteiger partial charge in [-0.15, -0.1) is 11.3 Å². The number of methoxy groups -OCH3 is 1. The van der Waals surface area contributed by atoms with Crippen molar-refractivity contribution < 1.29 is 4.74 Å². The average Bonchev–Trinajstić information content (AvgIpc) is 2.87. The number of thiazole rings is 1. The maximum Gasteiger partial charge on any atom is 0.129 e. The van der Waals surface area contributed by atoms with E-state index >= 15 is 0 Å². The van der Waals surface area contributed by atoms with E-state index in [0.717, 1.165) is 27.3 Å². The maximum absolute atomic E-state index is 5.42. The fraction of sp³-hybridized carbons (Fsp3) is 0.357. The summed E-state index contributed by atoms with van der Waals surface area (Å²) in [7, 11) is 1.70. The van der Waals surface area contributed by atoms with Gasteiger partial charge in [-0.1, -0.05) is 35.8 Å². The van der Waals surface area contributed by atoms with Crippen LogP contribution in [0, 0.1) is 0 Å². The Labute approximate surface area is 120 Å². The predicted octanol–water partition coefficient (Wildman–Crippen LogP) is 4.84. The van der Waals surface area contributed by atoms with Crippen LogP contribution in [0.1, 0.15) is 31.0 Å². The van der Waals surface area contributed by atoms with Gasteiger partial charge in [0.2, 0.25) is 0 Å². The molecule has 0 saturated carbocycles. The summed E-state index contributed by atoms with van der Waals surface area (Å²) in [6, 6.07) is 6.20. The number of nitrogens with zero attached hydrogens (tertiary/aromatic N) is 1. The van der Waals surface area contributed by atoms with Gasteiger partial charge in [-0.3, -0.25) is 0 Å². The normalized spacial score (nSPS) is 10.9. The van der Waals surface area contributed by atoms with Crippen molar-refractivity contribution in [2.75, 3.05) is 7.11 Å². The summed E-state index contributed by atoms with van der Waals surface area (Å²) in [6.07, 6.45) is 0.